The molecule has 0 aliphatic carbocycles. The summed E-state index contributed by atoms with van der Waals surface area (Å²) in [7, 11) is 0. The Balaban J connectivity index is 2.00. The number of aryl methyl sites for hydroxylation is 1. The fourth-order valence-electron chi connectivity index (χ4n) is 1.34. The van der Waals surface area contributed by atoms with Gasteiger partial charge in [0.05, 0.1) is 5.75 Å². The lowest BCUT2D eigenvalue weighted by atomic mass is 10.2. The highest BCUT2D eigenvalue weighted by Crippen LogP contribution is 2.23. The van der Waals surface area contributed by atoms with Crippen LogP contribution in [0.3, 0.4) is 0 Å². The number of rotatable bonds is 4. The molecule has 1 aromatic carbocycles. The van der Waals surface area contributed by atoms with Crippen LogP contribution in [0.4, 0.5) is 0 Å². The molecule has 0 spiro atoms. The highest BCUT2D eigenvalue weighted by molar-refractivity contribution is 7.98. The lowest BCUT2D eigenvalue weighted by molar-refractivity contribution is 0.0685. The van der Waals surface area contributed by atoms with E-state index in [4.69, 9.17) is 9.63 Å². The second kappa shape index (κ2) is 5.05. The van der Waals surface area contributed by atoms with Crippen molar-refractivity contribution in [3.8, 4) is 0 Å². The van der Waals surface area contributed by atoms with E-state index in [9.17, 15) is 4.79 Å². The number of hydrogen-bond acceptors (Lipinski definition) is 4. The van der Waals surface area contributed by atoms with Crippen LogP contribution in [-0.2, 0) is 5.75 Å². The zero-order chi connectivity index (χ0) is 12.3. The van der Waals surface area contributed by atoms with Gasteiger partial charge in [0.25, 0.3) is 0 Å². The van der Waals surface area contributed by atoms with Gasteiger partial charge in [-0.15, -0.1) is 11.8 Å². The van der Waals surface area contributed by atoms with E-state index in [2.05, 4.69) is 11.2 Å². The molecular formula is C12H11NO3S. The van der Waals surface area contributed by atoms with E-state index in [0.29, 0.717) is 11.5 Å². The maximum Gasteiger partial charge on any atom is 0.358 e. The molecular weight excluding hydrogens is 238 g/mol. The summed E-state index contributed by atoms with van der Waals surface area (Å²) in [6, 6.07) is 9.54. The number of hydrogen-bond donors (Lipinski definition) is 1. The van der Waals surface area contributed by atoms with Crippen LogP contribution in [0.1, 0.15) is 21.8 Å². The van der Waals surface area contributed by atoms with E-state index in [1.807, 2.05) is 25.1 Å². The molecule has 1 heterocycles. The number of carboxylic acids is 1. The second-order valence-electron chi connectivity index (χ2n) is 3.59. The van der Waals surface area contributed by atoms with Gasteiger partial charge >= 0.3 is 5.97 Å². The van der Waals surface area contributed by atoms with Crippen molar-refractivity contribution in [2.24, 2.45) is 0 Å². The van der Waals surface area contributed by atoms with Gasteiger partial charge in [0, 0.05) is 11.0 Å². The van der Waals surface area contributed by atoms with Gasteiger partial charge in [-0.3, -0.25) is 0 Å². The molecule has 0 amide bonds. The zero-order valence-electron chi connectivity index (χ0n) is 9.21. The van der Waals surface area contributed by atoms with E-state index in [1.165, 1.54) is 11.6 Å². The van der Waals surface area contributed by atoms with Gasteiger partial charge < -0.3 is 9.63 Å². The van der Waals surface area contributed by atoms with E-state index in [-0.39, 0.29) is 5.69 Å². The first-order valence-corrected chi connectivity index (χ1v) is 6.02. The lowest BCUT2D eigenvalue weighted by Gasteiger charge is -1.99. The molecule has 0 saturated heterocycles. The van der Waals surface area contributed by atoms with Gasteiger partial charge in [0.15, 0.2) is 5.69 Å². The van der Waals surface area contributed by atoms with Gasteiger partial charge in [-0.2, -0.15) is 0 Å². The number of aromatic nitrogens is 1. The Hall–Kier alpha value is -1.75. The van der Waals surface area contributed by atoms with Gasteiger partial charge in [0.2, 0.25) is 0 Å². The third-order valence-corrected chi connectivity index (χ3v) is 3.16. The van der Waals surface area contributed by atoms with Crippen LogP contribution in [0.5, 0.6) is 0 Å². The Morgan fingerprint density at radius 2 is 2.29 bits per heavy atom. The number of nitrogens with zero attached hydrogens (tertiary/aromatic N) is 1. The van der Waals surface area contributed by atoms with E-state index >= 15 is 0 Å². The van der Waals surface area contributed by atoms with Crippen LogP contribution in [0, 0.1) is 6.92 Å². The summed E-state index contributed by atoms with van der Waals surface area (Å²) in [6.45, 7) is 2.03. The minimum atomic E-state index is -1.07. The quantitative estimate of drug-likeness (QED) is 0.844. The van der Waals surface area contributed by atoms with Crippen molar-refractivity contribution >= 4 is 17.7 Å². The third-order valence-electron chi connectivity index (χ3n) is 2.15. The molecule has 0 atom stereocenters. The Kier molecular flexibility index (Phi) is 3.49. The normalized spacial score (nSPS) is 10.4. The minimum Gasteiger partial charge on any atom is -0.476 e. The average molecular weight is 249 g/mol. The Labute approximate surface area is 103 Å². The molecule has 2 rings (SSSR count). The fraction of sp³-hybridized carbons (Fsp3) is 0.167. The van der Waals surface area contributed by atoms with Gasteiger partial charge in [-0.25, -0.2) is 4.79 Å². The van der Waals surface area contributed by atoms with Crippen molar-refractivity contribution in [2.45, 2.75) is 17.6 Å². The average Bonchev–Trinajstić information content (AvgIpc) is 2.75. The van der Waals surface area contributed by atoms with Crippen LogP contribution in [0.25, 0.3) is 0 Å². The summed E-state index contributed by atoms with van der Waals surface area (Å²) in [6.07, 6.45) is 0. The summed E-state index contributed by atoms with van der Waals surface area (Å²) in [4.78, 5) is 11.7. The van der Waals surface area contributed by atoms with Crippen LogP contribution in [0.2, 0.25) is 0 Å². The molecule has 88 valence electrons. The van der Waals surface area contributed by atoms with Crippen molar-refractivity contribution < 1.29 is 14.4 Å². The van der Waals surface area contributed by atoms with Crippen molar-refractivity contribution in [1.82, 2.24) is 5.16 Å². The molecule has 5 heteroatoms. The summed E-state index contributed by atoms with van der Waals surface area (Å²) in [5.74, 6) is 0.0680. The first-order valence-electron chi connectivity index (χ1n) is 5.03. The molecule has 17 heavy (non-hydrogen) atoms. The highest BCUT2D eigenvalue weighted by Gasteiger charge is 2.10. The molecule has 0 saturated carbocycles. The molecule has 2 aromatic rings. The molecule has 0 aliphatic rings. The molecule has 0 fully saturated rings. The third kappa shape index (κ3) is 3.10. The van der Waals surface area contributed by atoms with E-state index in [1.54, 1.807) is 11.8 Å². The monoisotopic (exact) mass is 249 g/mol. The predicted octanol–water partition coefficient (Wildman–Crippen LogP) is 2.97. The van der Waals surface area contributed by atoms with Crippen LogP contribution in [-0.4, -0.2) is 16.2 Å². The molecule has 1 aromatic heterocycles. The molecule has 4 nitrogen and oxygen atoms in total. The highest BCUT2D eigenvalue weighted by atomic mass is 32.2. The number of benzene rings is 1. The Morgan fingerprint density at radius 3 is 2.94 bits per heavy atom. The van der Waals surface area contributed by atoms with Crippen molar-refractivity contribution in [1.29, 1.82) is 0 Å². The largest absolute Gasteiger partial charge is 0.476 e. The molecule has 0 aliphatic heterocycles. The van der Waals surface area contributed by atoms with Crippen molar-refractivity contribution in [3.63, 3.8) is 0 Å². The van der Waals surface area contributed by atoms with Crippen LogP contribution >= 0.6 is 11.8 Å². The van der Waals surface area contributed by atoms with E-state index < -0.39 is 5.97 Å². The molecule has 1 N–H and O–H groups in total. The minimum absolute atomic E-state index is 0.0511. The number of carboxylic acid groups (broad SMARTS) is 1. The second-order valence-corrected chi connectivity index (χ2v) is 4.64. The smallest absolute Gasteiger partial charge is 0.358 e. The first kappa shape index (κ1) is 11.7. The van der Waals surface area contributed by atoms with Crippen LogP contribution in [0.15, 0.2) is 39.8 Å². The summed E-state index contributed by atoms with van der Waals surface area (Å²) in [5.41, 5.74) is 1.14. The number of thioether (sulfide) groups is 1. The summed E-state index contributed by atoms with van der Waals surface area (Å²) in [5, 5.41) is 12.1. The Morgan fingerprint density at radius 1 is 1.47 bits per heavy atom. The number of carbonyl (C=O) groups is 1. The number of aromatic carboxylic acids is 1. The van der Waals surface area contributed by atoms with Gasteiger partial charge in [-0.05, 0) is 19.1 Å². The molecule has 0 unspecified atom stereocenters. The standard InChI is InChI=1S/C12H11NO3S/c1-8-3-2-4-10(5-8)17-7-9-6-11(12(14)15)13-16-9/h2-6H,7H2,1H3,(H,14,15). The SMILES string of the molecule is Cc1cccc(SCc2cc(C(=O)O)no2)c1. The van der Waals surface area contributed by atoms with Crippen molar-refractivity contribution in [2.75, 3.05) is 0 Å². The van der Waals surface area contributed by atoms with E-state index in [0.717, 1.165) is 4.90 Å². The fourth-order valence-corrected chi connectivity index (χ4v) is 2.23. The summed E-state index contributed by atoms with van der Waals surface area (Å²) < 4.78 is 4.93. The lowest BCUT2D eigenvalue weighted by Crippen LogP contribution is -1.94. The zero-order valence-corrected chi connectivity index (χ0v) is 10.0. The maximum atomic E-state index is 10.6. The molecule has 0 radical (unpaired) electrons. The van der Waals surface area contributed by atoms with Crippen molar-refractivity contribution in [3.05, 3.63) is 47.3 Å². The molecule has 0 bridgehead atoms. The Bertz CT molecular complexity index is 536. The topological polar surface area (TPSA) is 63.3 Å². The predicted molar refractivity (Wildman–Crippen MR) is 64.2 cm³/mol. The maximum absolute atomic E-state index is 10.6. The van der Waals surface area contributed by atoms with Gasteiger partial charge in [0.1, 0.15) is 5.76 Å². The van der Waals surface area contributed by atoms with Crippen LogP contribution < -0.4 is 0 Å². The van der Waals surface area contributed by atoms with Gasteiger partial charge in [-0.1, -0.05) is 22.9 Å². The first-order chi connectivity index (χ1) is 8.15. The summed E-state index contributed by atoms with van der Waals surface area (Å²) >= 11 is 1.59.